The summed E-state index contributed by atoms with van der Waals surface area (Å²) < 4.78 is 64.8. The van der Waals surface area contributed by atoms with Gasteiger partial charge in [-0.3, -0.25) is 29.6 Å². The summed E-state index contributed by atoms with van der Waals surface area (Å²) in [5, 5.41) is 58.6. The molecule has 8 N–H and O–H groups in total. The molecule has 27 heteroatoms. The van der Waals surface area contributed by atoms with Gasteiger partial charge >= 0.3 is 86.1 Å². The fourth-order valence-corrected chi connectivity index (χ4v) is 6.66. The van der Waals surface area contributed by atoms with Crippen molar-refractivity contribution in [3.63, 3.8) is 0 Å². The summed E-state index contributed by atoms with van der Waals surface area (Å²) in [5.74, 6) is -3.66. The summed E-state index contributed by atoms with van der Waals surface area (Å²) in [6, 6.07) is 6.33. The number of ketones is 4. The molecule has 23 nitrogen and oxygen atoms in total. The van der Waals surface area contributed by atoms with E-state index in [2.05, 4.69) is 31.0 Å². The number of amides is 2. The van der Waals surface area contributed by atoms with Crippen LogP contribution in [0.15, 0.2) is 114 Å². The van der Waals surface area contributed by atoms with Gasteiger partial charge in [-0.1, -0.05) is 0 Å². The first-order valence-corrected chi connectivity index (χ1v) is 18.5. The molecule has 60 heavy (non-hydrogen) atoms. The Morgan fingerprint density at radius 3 is 1.38 bits per heavy atom. The quantitative estimate of drug-likeness (QED) is 0.0580. The molecule has 296 valence electrons. The predicted octanol–water partition coefficient (Wildman–Crippen LogP) is -2.68. The van der Waals surface area contributed by atoms with Gasteiger partial charge in [0.2, 0.25) is 23.1 Å². The number of hydrogen-bond acceptors (Lipinski definition) is 17. The molecule has 0 heterocycles. The number of Topliss-reactive ketones (excluding diaryl/α,β-unsaturated/α-hetero) is 2. The smallest absolute Gasteiger partial charge is 0.769 e. The van der Waals surface area contributed by atoms with E-state index in [1.807, 2.05) is 0 Å². The van der Waals surface area contributed by atoms with Gasteiger partial charge in [-0.15, -0.1) is 25.6 Å². The van der Waals surface area contributed by atoms with Crippen LogP contribution in [0.2, 0.25) is 0 Å². The summed E-state index contributed by atoms with van der Waals surface area (Å²) in [6.45, 7) is 0. The van der Waals surface area contributed by atoms with Crippen LogP contribution in [0.3, 0.4) is 0 Å². The molecular formula is C33H22N8Na2O15S2+2. The first kappa shape index (κ1) is 47.8. The monoisotopic (exact) mass is 880 g/mol. The van der Waals surface area contributed by atoms with E-state index in [-0.39, 0.29) is 104 Å². The van der Waals surface area contributed by atoms with Crippen LogP contribution in [-0.4, -0.2) is 91.1 Å². The van der Waals surface area contributed by atoms with E-state index in [1.54, 1.807) is 0 Å². The van der Waals surface area contributed by atoms with Crippen molar-refractivity contribution >= 4 is 96.5 Å². The molecule has 0 radical (unpaired) electrons. The number of benzene rings is 2. The summed E-state index contributed by atoms with van der Waals surface area (Å²) in [7, 11) is -9.83. The number of rotatable bonds is 8. The zero-order valence-corrected chi connectivity index (χ0v) is 36.1. The Hall–Kier alpha value is -4.91. The van der Waals surface area contributed by atoms with Gasteiger partial charge < -0.3 is 26.3 Å². The van der Waals surface area contributed by atoms with Crippen LogP contribution >= 0.6 is 0 Å². The Kier molecular flexibility index (Phi) is 15.0. The molecule has 2 aromatic rings. The maximum Gasteiger partial charge on any atom is 1.00 e. The largest absolute Gasteiger partial charge is 1.00 e. The zero-order valence-electron chi connectivity index (χ0n) is 30.4. The molecule has 0 unspecified atom stereocenters. The number of hydrogen-bond donors (Lipinski definition) is 8. The molecule has 0 spiro atoms. The number of carbonyl (C=O) groups is 5. The Morgan fingerprint density at radius 1 is 0.600 bits per heavy atom. The third kappa shape index (κ3) is 10.5. The standard InChI is InChI=1S/C33H22N8O15S2.2Na/c42-25-7-3-19(40(47)48)13-23(25)36-38-29-27(57(51,52)53)11-15-9-17(1-5-21(15)31(29)44)34-33(46)35-18-2-6-22-16(10-18)12-28(58(54,55)56)30(32(22)45)39-37-24-14-20(41(49)50)4-8-26(24)43;;/h1-14,47-48H,(H2,34,35,46)(H2,51,52,53)(H2,54,55,56);;/q;2*+1. The number of anilines is 2. The maximum atomic E-state index is 13.4. The minimum atomic E-state index is -4.92. The average Bonchev–Trinajstić information content (AvgIpc) is 3.14. The summed E-state index contributed by atoms with van der Waals surface area (Å²) in [4.78, 5) is 62.2. The second kappa shape index (κ2) is 18.8. The van der Waals surface area contributed by atoms with Crippen LogP contribution in [0.5, 0.6) is 0 Å². The average molecular weight is 881 g/mol. The van der Waals surface area contributed by atoms with E-state index in [0.29, 0.717) is 0 Å². The Bertz CT molecular complexity index is 2510. The van der Waals surface area contributed by atoms with Gasteiger partial charge in [0, 0.05) is 40.4 Å². The number of nitrogens with one attached hydrogen (secondary N) is 2. The Labute approximate surface area is 381 Å². The molecular weight excluding hydrogens is 859 g/mol. The summed E-state index contributed by atoms with van der Waals surface area (Å²) >= 11 is 0. The number of nitrogens with zero attached hydrogens (tertiary/aromatic N) is 6. The van der Waals surface area contributed by atoms with Gasteiger partial charge in [0.25, 0.3) is 9.81 Å². The molecule has 2 aromatic carbocycles. The van der Waals surface area contributed by atoms with Gasteiger partial charge in [-0.05, 0) is 92.4 Å². The van der Waals surface area contributed by atoms with E-state index in [4.69, 9.17) is 0 Å². The maximum absolute atomic E-state index is 13.4. The normalized spacial score (nSPS) is 18.8. The van der Waals surface area contributed by atoms with Gasteiger partial charge in [-0.2, -0.15) is 18.2 Å². The molecule has 0 aliphatic heterocycles. The van der Waals surface area contributed by atoms with Crippen LogP contribution in [0.25, 0.3) is 12.2 Å². The minimum absolute atomic E-state index is 0. The van der Waals surface area contributed by atoms with Crippen LogP contribution < -0.4 is 69.7 Å². The van der Waals surface area contributed by atoms with Crippen molar-refractivity contribution in [3.05, 3.63) is 127 Å². The molecule has 0 aromatic heterocycles. The van der Waals surface area contributed by atoms with Crippen molar-refractivity contribution in [2.45, 2.75) is 0 Å². The van der Waals surface area contributed by atoms with Gasteiger partial charge in [0.1, 0.15) is 11.4 Å². The number of hydroxylamine groups is 4. The first-order valence-electron chi connectivity index (χ1n) is 15.6. The topological polar surface area (TPSA) is 367 Å². The number of fused-ring (bicyclic) bond motifs is 2. The van der Waals surface area contributed by atoms with E-state index in [9.17, 15) is 71.4 Å². The second-order valence-corrected chi connectivity index (χ2v) is 14.7. The molecule has 0 saturated heterocycles. The van der Waals surface area contributed by atoms with E-state index in [0.717, 1.165) is 48.6 Å². The summed E-state index contributed by atoms with van der Waals surface area (Å²) in [5.41, 5.74) is -4.05. The third-order valence-corrected chi connectivity index (χ3v) is 9.76. The van der Waals surface area contributed by atoms with Crippen molar-refractivity contribution in [3.8, 4) is 0 Å². The number of carbonyl (C=O) groups excluding carboxylic acids is 5. The zero-order chi connectivity index (χ0) is 42.3. The molecule has 6 rings (SSSR count). The van der Waals surface area contributed by atoms with Gasteiger partial charge in [0.15, 0.2) is 11.4 Å². The van der Waals surface area contributed by atoms with Crippen molar-refractivity contribution in [2.75, 3.05) is 10.6 Å². The second-order valence-electron chi connectivity index (χ2n) is 11.8. The molecule has 4 aliphatic rings. The fourth-order valence-electron chi connectivity index (χ4n) is 5.33. The fraction of sp³-hybridized carbons (Fsp3) is 0. The van der Waals surface area contributed by atoms with Crippen molar-refractivity contribution in [1.82, 2.24) is 10.5 Å². The Morgan fingerprint density at radius 2 is 1.00 bits per heavy atom. The van der Waals surface area contributed by atoms with Crippen molar-refractivity contribution in [2.24, 2.45) is 20.4 Å². The molecule has 0 atom stereocenters. The molecule has 0 bridgehead atoms. The summed E-state index contributed by atoms with van der Waals surface area (Å²) in [6.07, 6.45) is 7.13. The van der Waals surface area contributed by atoms with Crippen molar-refractivity contribution in [1.29, 1.82) is 0 Å². The Balaban J connectivity index is 0.00000397. The van der Waals surface area contributed by atoms with E-state index in [1.165, 1.54) is 36.4 Å². The van der Waals surface area contributed by atoms with E-state index < -0.39 is 93.7 Å². The number of urea groups is 1. The molecule has 2 amide bonds. The molecule has 0 fully saturated rings. The molecule has 0 saturated carbocycles. The van der Waals surface area contributed by atoms with Gasteiger partial charge in [0.05, 0.1) is 5.70 Å². The van der Waals surface area contributed by atoms with Crippen LogP contribution in [0.4, 0.5) is 16.2 Å². The SMILES string of the molecule is O=C(Nc1ccc2c(c1)C=C([S+](=O)(O)O)C(=NN=C1C=C(N([O-])[O-])C=CC1=O)C2=O)Nc1ccc2c(c1)C=C([S+](=O)(O)O)C(=NN=C1C=C(N(O)O)C=CC1=O)C2=O.[Na+].[Na+]. The minimum Gasteiger partial charge on any atom is -0.769 e. The van der Waals surface area contributed by atoms with Crippen molar-refractivity contribution < 1.29 is 120 Å². The number of allylic oxidation sites excluding steroid dienone is 8. The molecule has 4 aliphatic carbocycles. The van der Waals surface area contributed by atoms with Gasteiger partial charge in [-0.25, -0.2) is 4.79 Å². The van der Waals surface area contributed by atoms with Crippen LogP contribution in [-0.2, 0) is 39.0 Å². The van der Waals surface area contributed by atoms with Crippen LogP contribution in [0, 0.1) is 10.4 Å². The first-order chi connectivity index (χ1) is 27.2. The predicted molar refractivity (Wildman–Crippen MR) is 205 cm³/mol. The van der Waals surface area contributed by atoms with E-state index >= 15 is 0 Å². The third-order valence-electron chi connectivity index (χ3n) is 7.99. The van der Waals surface area contributed by atoms with Crippen LogP contribution in [0.1, 0.15) is 31.8 Å².